The maximum absolute atomic E-state index is 11.9. The van der Waals surface area contributed by atoms with Gasteiger partial charge in [0.25, 0.3) is 5.91 Å². The van der Waals surface area contributed by atoms with Crippen molar-refractivity contribution in [2.75, 3.05) is 11.9 Å². The van der Waals surface area contributed by atoms with Gasteiger partial charge in [-0.1, -0.05) is 15.9 Å². The minimum atomic E-state index is -0.577. The summed E-state index contributed by atoms with van der Waals surface area (Å²) in [6.45, 7) is 3.52. The van der Waals surface area contributed by atoms with E-state index in [4.69, 9.17) is 4.74 Å². The van der Waals surface area contributed by atoms with Crippen LogP contribution in [0.1, 0.15) is 21.5 Å². The molecule has 6 heteroatoms. The molecular weight excluding hydrogens is 348 g/mol. The fourth-order valence-electron chi connectivity index (χ4n) is 1.81. The standard InChI is InChI=1S/C16H15BrN2O3/c1-10-11(2)14(6-5-13(10)17)19-15(20)9-22-16(21)12-4-3-7-18-8-12/h3-8H,9H2,1-2H3,(H,19,20). The fourth-order valence-corrected chi connectivity index (χ4v) is 2.24. The third-order valence-electron chi connectivity index (χ3n) is 3.23. The third kappa shape index (κ3) is 3.92. The van der Waals surface area contributed by atoms with Crippen LogP contribution in [0.2, 0.25) is 0 Å². The monoisotopic (exact) mass is 362 g/mol. The van der Waals surface area contributed by atoms with E-state index >= 15 is 0 Å². The van der Waals surface area contributed by atoms with Crippen molar-refractivity contribution in [3.63, 3.8) is 0 Å². The molecule has 0 bridgehead atoms. The largest absolute Gasteiger partial charge is 0.452 e. The van der Waals surface area contributed by atoms with E-state index in [1.807, 2.05) is 19.9 Å². The average Bonchev–Trinajstić information content (AvgIpc) is 2.54. The van der Waals surface area contributed by atoms with Crippen molar-refractivity contribution in [1.29, 1.82) is 0 Å². The number of rotatable bonds is 4. The van der Waals surface area contributed by atoms with Crippen molar-refractivity contribution >= 4 is 33.5 Å². The Balaban J connectivity index is 1.94. The molecule has 0 unspecified atom stereocenters. The topological polar surface area (TPSA) is 68.3 Å². The molecule has 0 radical (unpaired) electrons. The zero-order chi connectivity index (χ0) is 16.1. The summed E-state index contributed by atoms with van der Waals surface area (Å²) in [7, 11) is 0. The predicted molar refractivity (Wildman–Crippen MR) is 86.8 cm³/mol. The van der Waals surface area contributed by atoms with Gasteiger partial charge in [-0.2, -0.15) is 0 Å². The molecule has 2 aromatic rings. The number of benzene rings is 1. The molecule has 0 spiro atoms. The van der Waals surface area contributed by atoms with Crippen molar-refractivity contribution < 1.29 is 14.3 Å². The Hall–Kier alpha value is -2.21. The van der Waals surface area contributed by atoms with Crippen LogP contribution in [0.5, 0.6) is 0 Å². The first-order valence-corrected chi connectivity index (χ1v) is 7.41. The van der Waals surface area contributed by atoms with Crippen LogP contribution in [0.4, 0.5) is 5.69 Å². The number of hydrogen-bond acceptors (Lipinski definition) is 4. The highest BCUT2D eigenvalue weighted by Crippen LogP contribution is 2.25. The van der Waals surface area contributed by atoms with Crippen LogP contribution in [0.15, 0.2) is 41.1 Å². The molecule has 0 saturated heterocycles. The highest BCUT2D eigenvalue weighted by atomic mass is 79.9. The van der Waals surface area contributed by atoms with E-state index in [0.29, 0.717) is 11.3 Å². The second kappa shape index (κ2) is 7.17. The Labute approximate surface area is 136 Å². The molecule has 0 saturated carbocycles. The summed E-state index contributed by atoms with van der Waals surface area (Å²) in [6, 6.07) is 6.87. The number of aromatic nitrogens is 1. The first-order chi connectivity index (χ1) is 10.5. The van der Waals surface area contributed by atoms with Gasteiger partial charge in [0.1, 0.15) is 0 Å². The fraction of sp³-hybridized carbons (Fsp3) is 0.188. The summed E-state index contributed by atoms with van der Waals surface area (Å²) in [6.07, 6.45) is 2.95. The van der Waals surface area contributed by atoms with Gasteiger partial charge in [0, 0.05) is 22.6 Å². The number of carbonyl (C=O) groups excluding carboxylic acids is 2. The number of amides is 1. The lowest BCUT2D eigenvalue weighted by atomic mass is 10.1. The number of nitrogens with zero attached hydrogens (tertiary/aromatic N) is 1. The number of pyridine rings is 1. The minimum absolute atomic E-state index is 0.311. The molecular formula is C16H15BrN2O3. The van der Waals surface area contributed by atoms with E-state index in [0.717, 1.165) is 15.6 Å². The molecule has 0 fully saturated rings. The van der Waals surface area contributed by atoms with E-state index in [1.165, 1.54) is 6.20 Å². The van der Waals surface area contributed by atoms with Crippen LogP contribution in [0.3, 0.4) is 0 Å². The van der Waals surface area contributed by atoms with E-state index in [2.05, 4.69) is 26.2 Å². The van der Waals surface area contributed by atoms with Crippen molar-refractivity contribution in [1.82, 2.24) is 4.98 Å². The van der Waals surface area contributed by atoms with Crippen LogP contribution in [0.25, 0.3) is 0 Å². The van der Waals surface area contributed by atoms with Crippen molar-refractivity contribution in [2.45, 2.75) is 13.8 Å². The Bertz CT molecular complexity index is 702. The Morgan fingerprint density at radius 3 is 2.68 bits per heavy atom. The van der Waals surface area contributed by atoms with Crippen LogP contribution >= 0.6 is 15.9 Å². The molecule has 1 heterocycles. The van der Waals surface area contributed by atoms with E-state index < -0.39 is 5.97 Å². The number of hydrogen-bond donors (Lipinski definition) is 1. The highest BCUT2D eigenvalue weighted by molar-refractivity contribution is 9.10. The minimum Gasteiger partial charge on any atom is -0.452 e. The second-order valence-electron chi connectivity index (χ2n) is 4.71. The zero-order valence-corrected chi connectivity index (χ0v) is 13.8. The lowest BCUT2D eigenvalue weighted by Crippen LogP contribution is -2.21. The number of ether oxygens (including phenoxy) is 1. The molecule has 1 amide bonds. The Morgan fingerprint density at radius 1 is 1.23 bits per heavy atom. The number of esters is 1. The number of nitrogens with one attached hydrogen (secondary N) is 1. The Kier molecular flexibility index (Phi) is 5.27. The number of carbonyl (C=O) groups is 2. The predicted octanol–water partition coefficient (Wildman–Crippen LogP) is 3.26. The summed E-state index contributed by atoms with van der Waals surface area (Å²) in [4.78, 5) is 27.4. The SMILES string of the molecule is Cc1c(Br)ccc(NC(=O)COC(=O)c2cccnc2)c1C. The molecule has 114 valence electrons. The molecule has 1 aromatic heterocycles. The number of halogens is 1. The molecule has 0 atom stereocenters. The third-order valence-corrected chi connectivity index (χ3v) is 4.09. The maximum atomic E-state index is 11.9. The number of anilines is 1. The maximum Gasteiger partial charge on any atom is 0.340 e. The van der Waals surface area contributed by atoms with Gasteiger partial charge in [0.15, 0.2) is 6.61 Å². The smallest absolute Gasteiger partial charge is 0.340 e. The molecule has 22 heavy (non-hydrogen) atoms. The van der Waals surface area contributed by atoms with Crippen molar-refractivity contribution in [3.05, 3.63) is 57.8 Å². The van der Waals surface area contributed by atoms with Crippen LogP contribution in [0, 0.1) is 13.8 Å². The van der Waals surface area contributed by atoms with Crippen molar-refractivity contribution in [2.24, 2.45) is 0 Å². The normalized spacial score (nSPS) is 10.1. The van der Waals surface area contributed by atoms with Crippen LogP contribution < -0.4 is 5.32 Å². The van der Waals surface area contributed by atoms with Crippen LogP contribution in [-0.4, -0.2) is 23.5 Å². The van der Waals surface area contributed by atoms with E-state index in [9.17, 15) is 9.59 Å². The molecule has 0 aliphatic rings. The zero-order valence-electron chi connectivity index (χ0n) is 12.2. The summed E-state index contributed by atoms with van der Waals surface area (Å²) in [5.74, 6) is -0.964. The van der Waals surface area contributed by atoms with Gasteiger partial charge in [-0.25, -0.2) is 4.79 Å². The first-order valence-electron chi connectivity index (χ1n) is 6.61. The molecule has 5 nitrogen and oxygen atoms in total. The molecule has 1 N–H and O–H groups in total. The average molecular weight is 363 g/mol. The van der Waals surface area contributed by atoms with Gasteiger partial charge < -0.3 is 10.1 Å². The highest BCUT2D eigenvalue weighted by Gasteiger charge is 2.12. The summed E-state index contributed by atoms with van der Waals surface area (Å²) >= 11 is 3.43. The first kappa shape index (κ1) is 16.2. The lowest BCUT2D eigenvalue weighted by molar-refractivity contribution is -0.119. The van der Waals surface area contributed by atoms with Gasteiger partial charge >= 0.3 is 5.97 Å². The molecule has 0 aliphatic carbocycles. The molecule has 0 aliphatic heterocycles. The quantitative estimate of drug-likeness (QED) is 0.847. The van der Waals surface area contributed by atoms with Gasteiger partial charge in [0.2, 0.25) is 0 Å². The van der Waals surface area contributed by atoms with E-state index in [1.54, 1.807) is 24.4 Å². The van der Waals surface area contributed by atoms with Gasteiger partial charge in [0.05, 0.1) is 5.56 Å². The molecule has 1 aromatic carbocycles. The van der Waals surface area contributed by atoms with E-state index in [-0.39, 0.29) is 12.5 Å². The molecule has 2 rings (SSSR count). The van der Waals surface area contributed by atoms with Gasteiger partial charge in [-0.3, -0.25) is 9.78 Å². The van der Waals surface area contributed by atoms with Gasteiger partial charge in [-0.05, 0) is 49.2 Å². The van der Waals surface area contributed by atoms with Crippen LogP contribution in [-0.2, 0) is 9.53 Å². The summed E-state index contributed by atoms with van der Waals surface area (Å²) < 4.78 is 5.93. The second-order valence-corrected chi connectivity index (χ2v) is 5.57. The summed E-state index contributed by atoms with van der Waals surface area (Å²) in [5, 5.41) is 2.73. The Morgan fingerprint density at radius 2 is 2.00 bits per heavy atom. The summed E-state index contributed by atoms with van der Waals surface area (Å²) in [5.41, 5.74) is 3.01. The van der Waals surface area contributed by atoms with Crippen molar-refractivity contribution in [3.8, 4) is 0 Å². The lowest BCUT2D eigenvalue weighted by Gasteiger charge is -2.12. The van der Waals surface area contributed by atoms with Gasteiger partial charge in [-0.15, -0.1) is 0 Å².